The molecule has 24 heavy (non-hydrogen) atoms. The van der Waals surface area contributed by atoms with Crippen LogP contribution in [0.2, 0.25) is 0 Å². The minimum Gasteiger partial charge on any atom is -0.425 e. The summed E-state index contributed by atoms with van der Waals surface area (Å²) in [5, 5.41) is 0. The molecule has 0 unspecified atom stereocenters. The Hall–Kier alpha value is -2.88. The molecule has 0 bridgehead atoms. The lowest BCUT2D eigenvalue weighted by molar-refractivity contribution is -0.134. The Kier molecular flexibility index (Phi) is 3.97. The number of rotatable bonds is 3. The molecule has 2 aromatic carbocycles. The summed E-state index contributed by atoms with van der Waals surface area (Å²) in [6.07, 6.45) is 0. The van der Waals surface area contributed by atoms with Crippen molar-refractivity contribution < 1.29 is 14.3 Å². The second-order valence-electron chi connectivity index (χ2n) is 6.01. The normalized spacial score (nSPS) is 13.2. The lowest BCUT2D eigenvalue weighted by atomic mass is 10.1. The van der Waals surface area contributed by atoms with Gasteiger partial charge in [0.05, 0.1) is 0 Å². The molecule has 0 saturated heterocycles. The molecule has 1 aliphatic rings. The van der Waals surface area contributed by atoms with Gasteiger partial charge in [-0.25, -0.2) is 4.79 Å². The molecule has 0 aliphatic carbocycles. The number of fused-ring (bicyclic) bond motifs is 1. The Balaban J connectivity index is 1.79. The molecular weight excluding hydrogens is 302 g/mol. The second kappa shape index (κ2) is 5.96. The Morgan fingerprint density at radius 2 is 1.67 bits per heavy atom. The van der Waals surface area contributed by atoms with Crippen LogP contribution in [0, 0.1) is 20.8 Å². The van der Waals surface area contributed by atoms with E-state index in [0.29, 0.717) is 17.0 Å². The van der Waals surface area contributed by atoms with Crippen molar-refractivity contribution in [2.75, 3.05) is 6.54 Å². The molecule has 1 aliphatic heterocycles. The zero-order valence-electron chi connectivity index (χ0n) is 14.1. The van der Waals surface area contributed by atoms with E-state index in [1.54, 1.807) is 12.1 Å². The van der Waals surface area contributed by atoms with Gasteiger partial charge >= 0.3 is 5.97 Å². The molecule has 3 rings (SSSR count). The van der Waals surface area contributed by atoms with E-state index < -0.39 is 5.97 Å². The Morgan fingerprint density at radius 1 is 1.04 bits per heavy atom. The smallest absolute Gasteiger partial charge is 0.331 e. The summed E-state index contributed by atoms with van der Waals surface area (Å²) in [7, 11) is 0. The van der Waals surface area contributed by atoms with Crippen molar-refractivity contribution in [3.63, 3.8) is 0 Å². The average Bonchev–Trinajstić information content (AvgIpc) is 2.81. The van der Waals surface area contributed by atoms with Gasteiger partial charge in [0.2, 0.25) is 0 Å². The van der Waals surface area contributed by atoms with Gasteiger partial charge in [-0.05, 0) is 43.5 Å². The highest BCUT2D eigenvalue weighted by Gasteiger charge is 2.32. The van der Waals surface area contributed by atoms with E-state index >= 15 is 0 Å². The molecule has 0 aromatic heterocycles. The quantitative estimate of drug-likeness (QED) is 0.640. The zero-order valence-corrected chi connectivity index (χ0v) is 14.1. The van der Waals surface area contributed by atoms with Gasteiger partial charge in [0.15, 0.2) is 0 Å². The van der Waals surface area contributed by atoms with Crippen molar-refractivity contribution in [2.45, 2.75) is 20.8 Å². The number of carbonyl (C=O) groups is 2. The third kappa shape index (κ3) is 2.60. The van der Waals surface area contributed by atoms with Gasteiger partial charge in [-0.3, -0.25) is 9.69 Å². The van der Waals surface area contributed by atoms with Crippen molar-refractivity contribution in [1.29, 1.82) is 0 Å². The topological polar surface area (TPSA) is 46.6 Å². The van der Waals surface area contributed by atoms with E-state index in [0.717, 1.165) is 22.3 Å². The molecule has 0 N–H and O–H groups in total. The van der Waals surface area contributed by atoms with Crippen molar-refractivity contribution in [3.05, 3.63) is 70.8 Å². The van der Waals surface area contributed by atoms with Gasteiger partial charge in [0.25, 0.3) is 5.91 Å². The summed E-state index contributed by atoms with van der Waals surface area (Å²) in [4.78, 5) is 26.2. The summed E-state index contributed by atoms with van der Waals surface area (Å²) < 4.78 is 5.54. The van der Waals surface area contributed by atoms with Crippen molar-refractivity contribution in [1.82, 2.24) is 4.90 Å². The van der Waals surface area contributed by atoms with Crippen LogP contribution >= 0.6 is 0 Å². The number of hydrogen-bond donors (Lipinski definition) is 0. The number of ether oxygens (including phenoxy) is 1. The number of amides is 1. The minimum absolute atomic E-state index is 0.154. The summed E-state index contributed by atoms with van der Waals surface area (Å²) in [6, 6.07) is 11.1. The molecule has 0 spiro atoms. The highest BCUT2D eigenvalue weighted by atomic mass is 16.5. The van der Waals surface area contributed by atoms with Crippen LogP contribution in [0.1, 0.15) is 32.6 Å². The maximum atomic E-state index is 12.4. The van der Waals surface area contributed by atoms with Crippen LogP contribution in [0.3, 0.4) is 0 Å². The van der Waals surface area contributed by atoms with E-state index in [2.05, 4.69) is 6.58 Å². The summed E-state index contributed by atoms with van der Waals surface area (Å²) in [5.74, 6) is -0.130. The second-order valence-corrected chi connectivity index (χ2v) is 6.01. The molecule has 4 heteroatoms. The first-order valence-electron chi connectivity index (χ1n) is 7.78. The molecule has 0 radical (unpaired) electrons. The first-order valence-corrected chi connectivity index (χ1v) is 7.78. The molecule has 2 aromatic rings. The monoisotopic (exact) mass is 321 g/mol. The Bertz CT molecular complexity index is 832. The summed E-state index contributed by atoms with van der Waals surface area (Å²) in [5.41, 5.74) is 4.73. The van der Waals surface area contributed by atoms with E-state index in [9.17, 15) is 9.59 Å². The predicted molar refractivity (Wildman–Crippen MR) is 92.8 cm³/mol. The molecule has 122 valence electrons. The number of carbonyl (C=O) groups excluding carboxylic acids is 2. The fraction of sp³-hybridized carbons (Fsp3) is 0.200. The van der Waals surface area contributed by atoms with E-state index in [4.69, 9.17) is 4.74 Å². The zero-order chi connectivity index (χ0) is 17.4. The van der Waals surface area contributed by atoms with Gasteiger partial charge in [-0.2, -0.15) is 0 Å². The van der Waals surface area contributed by atoms with E-state index in [1.807, 2.05) is 45.0 Å². The highest BCUT2D eigenvalue weighted by molar-refractivity contribution is 6.10. The number of hydrogen-bond acceptors (Lipinski definition) is 3. The van der Waals surface area contributed by atoms with E-state index in [1.165, 1.54) is 4.90 Å². The SMILES string of the molecule is C=C1c2ccccc2C(=O)N1CC(=O)Oc1c(C)ccc(C)c1C. The maximum Gasteiger partial charge on any atom is 0.331 e. The number of benzene rings is 2. The predicted octanol–water partition coefficient (Wildman–Crippen LogP) is 3.64. The van der Waals surface area contributed by atoms with E-state index in [-0.39, 0.29) is 12.5 Å². The summed E-state index contributed by atoms with van der Waals surface area (Å²) in [6.45, 7) is 9.56. The summed E-state index contributed by atoms with van der Waals surface area (Å²) >= 11 is 0. The lowest BCUT2D eigenvalue weighted by Gasteiger charge is -2.18. The molecule has 0 fully saturated rings. The van der Waals surface area contributed by atoms with Gasteiger partial charge in [0.1, 0.15) is 12.3 Å². The largest absolute Gasteiger partial charge is 0.425 e. The van der Waals surface area contributed by atoms with Crippen LogP contribution in [0.5, 0.6) is 5.75 Å². The molecule has 0 atom stereocenters. The fourth-order valence-corrected chi connectivity index (χ4v) is 2.86. The van der Waals surface area contributed by atoms with Crippen LogP contribution in [-0.4, -0.2) is 23.3 Å². The first-order chi connectivity index (χ1) is 11.4. The van der Waals surface area contributed by atoms with Crippen molar-refractivity contribution in [3.8, 4) is 5.75 Å². The molecule has 1 heterocycles. The third-order valence-corrected chi connectivity index (χ3v) is 4.42. The average molecular weight is 321 g/mol. The number of esters is 1. The highest BCUT2D eigenvalue weighted by Crippen LogP contribution is 2.31. The van der Waals surface area contributed by atoms with Crippen LogP contribution in [-0.2, 0) is 4.79 Å². The van der Waals surface area contributed by atoms with Gasteiger partial charge < -0.3 is 4.74 Å². The molecular formula is C20H19NO3. The first kappa shape index (κ1) is 16.0. The fourth-order valence-electron chi connectivity index (χ4n) is 2.86. The third-order valence-electron chi connectivity index (χ3n) is 4.42. The van der Waals surface area contributed by atoms with Crippen LogP contribution in [0.15, 0.2) is 43.0 Å². The standard InChI is InChI=1S/C20H19NO3/c1-12-9-10-13(2)19(14(12)3)24-18(22)11-21-15(4)16-7-5-6-8-17(16)20(21)23/h5-10H,4,11H2,1-3H3. The Labute approximate surface area is 141 Å². The maximum absolute atomic E-state index is 12.4. The number of aryl methyl sites for hydroxylation is 2. The van der Waals surface area contributed by atoms with Crippen LogP contribution in [0.4, 0.5) is 0 Å². The molecule has 4 nitrogen and oxygen atoms in total. The number of nitrogens with zero attached hydrogens (tertiary/aromatic N) is 1. The van der Waals surface area contributed by atoms with Crippen molar-refractivity contribution >= 4 is 17.6 Å². The minimum atomic E-state index is -0.478. The molecule has 0 saturated carbocycles. The van der Waals surface area contributed by atoms with Crippen LogP contribution < -0.4 is 4.74 Å². The van der Waals surface area contributed by atoms with Gasteiger partial charge in [-0.15, -0.1) is 0 Å². The van der Waals surface area contributed by atoms with Gasteiger partial charge in [0, 0.05) is 16.8 Å². The van der Waals surface area contributed by atoms with Crippen molar-refractivity contribution in [2.24, 2.45) is 0 Å². The van der Waals surface area contributed by atoms with Crippen LogP contribution in [0.25, 0.3) is 5.70 Å². The Morgan fingerprint density at radius 3 is 2.33 bits per heavy atom. The lowest BCUT2D eigenvalue weighted by Crippen LogP contribution is -2.32. The molecule has 1 amide bonds. The van der Waals surface area contributed by atoms with Gasteiger partial charge in [-0.1, -0.05) is 36.9 Å².